The number of ether oxygens (including phenoxy) is 1. The summed E-state index contributed by atoms with van der Waals surface area (Å²) < 4.78 is 5.69. The summed E-state index contributed by atoms with van der Waals surface area (Å²) in [6, 6.07) is 13.9. The molecule has 29 heavy (non-hydrogen) atoms. The van der Waals surface area contributed by atoms with E-state index in [1.807, 2.05) is 59.7 Å². The summed E-state index contributed by atoms with van der Waals surface area (Å²) in [5.74, 6) is 1.60. The maximum atomic E-state index is 12.5. The van der Waals surface area contributed by atoms with E-state index in [1.54, 1.807) is 11.3 Å². The molecule has 150 valence electrons. The van der Waals surface area contributed by atoms with E-state index < -0.39 is 0 Å². The van der Waals surface area contributed by atoms with Gasteiger partial charge in [-0.05, 0) is 60.7 Å². The molecule has 0 bridgehead atoms. The number of rotatable bonds is 5. The van der Waals surface area contributed by atoms with Gasteiger partial charge in [0.1, 0.15) is 11.4 Å². The summed E-state index contributed by atoms with van der Waals surface area (Å²) in [7, 11) is 0. The molecule has 6 nitrogen and oxygen atoms in total. The number of aryl methyl sites for hydroxylation is 2. The highest BCUT2D eigenvalue weighted by Crippen LogP contribution is 2.23. The Labute approximate surface area is 174 Å². The molecule has 0 unspecified atom stereocenters. The number of hydrogen-bond acceptors (Lipinski definition) is 6. The first-order valence-corrected chi connectivity index (χ1v) is 10.6. The molecule has 2 aromatic heterocycles. The maximum absolute atomic E-state index is 12.5. The van der Waals surface area contributed by atoms with Crippen LogP contribution in [0.15, 0.2) is 47.8 Å². The Morgan fingerprint density at radius 2 is 1.86 bits per heavy atom. The van der Waals surface area contributed by atoms with E-state index in [0.29, 0.717) is 13.1 Å². The second-order valence-electron chi connectivity index (χ2n) is 7.16. The molecule has 0 radical (unpaired) electrons. The van der Waals surface area contributed by atoms with E-state index >= 15 is 0 Å². The molecule has 0 atom stereocenters. The van der Waals surface area contributed by atoms with Crippen LogP contribution in [-0.2, 0) is 4.79 Å². The quantitative estimate of drug-likeness (QED) is 0.646. The van der Waals surface area contributed by atoms with E-state index in [4.69, 9.17) is 4.74 Å². The smallest absolute Gasteiger partial charge is 0.260 e. The molecule has 0 saturated carbocycles. The third-order valence-corrected chi connectivity index (χ3v) is 6.11. The van der Waals surface area contributed by atoms with Crippen molar-refractivity contribution in [1.29, 1.82) is 0 Å². The lowest BCUT2D eigenvalue weighted by atomic mass is 10.1. The van der Waals surface area contributed by atoms with E-state index in [1.165, 1.54) is 5.56 Å². The number of carbonyl (C=O) groups excluding carboxylic acids is 1. The normalized spacial score (nSPS) is 14.1. The zero-order chi connectivity index (χ0) is 20.2. The largest absolute Gasteiger partial charge is 0.484 e. The van der Waals surface area contributed by atoms with Crippen LogP contribution in [0.3, 0.4) is 0 Å². The van der Waals surface area contributed by atoms with Crippen LogP contribution >= 0.6 is 11.3 Å². The first kappa shape index (κ1) is 19.4. The predicted molar refractivity (Wildman–Crippen MR) is 116 cm³/mol. The molecule has 3 aromatic rings. The van der Waals surface area contributed by atoms with Gasteiger partial charge in [0.2, 0.25) is 0 Å². The molecule has 1 fully saturated rings. The predicted octanol–water partition coefficient (Wildman–Crippen LogP) is 3.55. The molecule has 1 aromatic carbocycles. The first-order valence-electron chi connectivity index (χ1n) is 9.70. The number of piperazine rings is 1. The van der Waals surface area contributed by atoms with Crippen LogP contribution in [0.5, 0.6) is 5.75 Å². The van der Waals surface area contributed by atoms with E-state index in [2.05, 4.69) is 22.0 Å². The minimum Gasteiger partial charge on any atom is -0.484 e. The Hall–Kier alpha value is -2.93. The lowest BCUT2D eigenvalue weighted by Crippen LogP contribution is -2.50. The summed E-state index contributed by atoms with van der Waals surface area (Å²) in [5.41, 5.74) is 3.27. The van der Waals surface area contributed by atoms with Crippen molar-refractivity contribution in [3.63, 3.8) is 0 Å². The van der Waals surface area contributed by atoms with Gasteiger partial charge in [-0.25, -0.2) is 0 Å². The SMILES string of the molecule is Cc1ccc(OCC(=O)N2CCN(c3ccc(-c4cccs4)nn3)CC2)cc1C. The average molecular weight is 409 g/mol. The molecule has 0 aliphatic carbocycles. The summed E-state index contributed by atoms with van der Waals surface area (Å²) >= 11 is 1.65. The number of nitrogens with zero attached hydrogens (tertiary/aromatic N) is 4. The van der Waals surface area contributed by atoms with E-state index in [9.17, 15) is 4.79 Å². The highest BCUT2D eigenvalue weighted by molar-refractivity contribution is 7.13. The number of anilines is 1. The lowest BCUT2D eigenvalue weighted by molar-refractivity contribution is -0.133. The van der Waals surface area contributed by atoms with Crippen molar-refractivity contribution in [2.75, 3.05) is 37.7 Å². The number of thiophene rings is 1. The number of carbonyl (C=O) groups is 1. The van der Waals surface area contributed by atoms with Crippen molar-refractivity contribution in [2.45, 2.75) is 13.8 Å². The molecule has 0 spiro atoms. The number of amides is 1. The van der Waals surface area contributed by atoms with Crippen molar-refractivity contribution >= 4 is 23.1 Å². The Morgan fingerprint density at radius 1 is 1.03 bits per heavy atom. The fourth-order valence-electron chi connectivity index (χ4n) is 3.27. The van der Waals surface area contributed by atoms with Crippen molar-refractivity contribution in [2.24, 2.45) is 0 Å². The standard InChI is InChI=1S/C22H24N4O2S/c1-16-5-6-18(14-17(16)2)28-15-22(27)26-11-9-25(10-12-26)21-8-7-19(23-24-21)20-4-3-13-29-20/h3-8,13-14H,9-12,15H2,1-2H3. The van der Waals surface area contributed by atoms with Crippen LogP contribution in [0.1, 0.15) is 11.1 Å². The van der Waals surface area contributed by atoms with Crippen molar-refractivity contribution in [3.8, 4) is 16.3 Å². The first-order chi connectivity index (χ1) is 14.1. The minimum atomic E-state index is 0.0157. The molecule has 3 heterocycles. The molecule has 1 saturated heterocycles. The van der Waals surface area contributed by atoms with Gasteiger partial charge in [0.05, 0.1) is 4.88 Å². The monoisotopic (exact) mass is 408 g/mol. The van der Waals surface area contributed by atoms with Crippen LogP contribution in [-0.4, -0.2) is 53.8 Å². The van der Waals surface area contributed by atoms with Crippen molar-refractivity contribution in [1.82, 2.24) is 15.1 Å². The number of benzene rings is 1. The highest BCUT2D eigenvalue weighted by Gasteiger charge is 2.22. The third kappa shape index (κ3) is 4.56. The zero-order valence-corrected chi connectivity index (χ0v) is 17.5. The van der Waals surface area contributed by atoms with Gasteiger partial charge in [-0.15, -0.1) is 21.5 Å². The number of aromatic nitrogens is 2. The molecule has 7 heteroatoms. The number of hydrogen-bond donors (Lipinski definition) is 0. The maximum Gasteiger partial charge on any atom is 0.260 e. The van der Waals surface area contributed by atoms with E-state index in [-0.39, 0.29) is 12.5 Å². The molecule has 1 amide bonds. The van der Waals surface area contributed by atoms with Gasteiger partial charge in [0.25, 0.3) is 5.91 Å². The lowest BCUT2D eigenvalue weighted by Gasteiger charge is -2.35. The van der Waals surface area contributed by atoms with Crippen LogP contribution in [0.25, 0.3) is 10.6 Å². The minimum absolute atomic E-state index is 0.0157. The Bertz CT molecular complexity index is 965. The van der Waals surface area contributed by atoms with Crippen LogP contribution in [0.2, 0.25) is 0 Å². The fourth-order valence-corrected chi connectivity index (χ4v) is 3.97. The molecular weight excluding hydrogens is 384 g/mol. The Morgan fingerprint density at radius 3 is 2.52 bits per heavy atom. The molecule has 0 N–H and O–H groups in total. The van der Waals surface area contributed by atoms with Crippen LogP contribution in [0, 0.1) is 13.8 Å². The summed E-state index contributed by atoms with van der Waals surface area (Å²) in [6.45, 7) is 6.96. The van der Waals surface area contributed by atoms with Gasteiger partial charge < -0.3 is 14.5 Å². The van der Waals surface area contributed by atoms with Crippen LogP contribution < -0.4 is 9.64 Å². The summed E-state index contributed by atoms with van der Waals surface area (Å²) in [6.07, 6.45) is 0. The van der Waals surface area contributed by atoms with Gasteiger partial charge >= 0.3 is 0 Å². The summed E-state index contributed by atoms with van der Waals surface area (Å²) in [4.78, 5) is 17.6. The van der Waals surface area contributed by atoms with Crippen LogP contribution in [0.4, 0.5) is 5.82 Å². The van der Waals surface area contributed by atoms with Crippen molar-refractivity contribution < 1.29 is 9.53 Å². The van der Waals surface area contributed by atoms with E-state index in [0.717, 1.165) is 40.8 Å². The second-order valence-corrected chi connectivity index (χ2v) is 8.10. The molecule has 1 aliphatic heterocycles. The molecule has 1 aliphatic rings. The Kier molecular flexibility index (Phi) is 5.76. The van der Waals surface area contributed by atoms with Gasteiger partial charge in [-0.1, -0.05) is 12.1 Å². The topological polar surface area (TPSA) is 58.6 Å². The second kappa shape index (κ2) is 8.61. The zero-order valence-electron chi connectivity index (χ0n) is 16.7. The van der Waals surface area contributed by atoms with Gasteiger partial charge in [-0.2, -0.15) is 0 Å². The van der Waals surface area contributed by atoms with Crippen molar-refractivity contribution in [3.05, 3.63) is 59.0 Å². The third-order valence-electron chi connectivity index (χ3n) is 5.22. The average Bonchev–Trinajstić information content (AvgIpc) is 3.29. The van der Waals surface area contributed by atoms with Gasteiger partial charge in [-0.3, -0.25) is 4.79 Å². The summed E-state index contributed by atoms with van der Waals surface area (Å²) in [5, 5.41) is 10.8. The molecule has 4 rings (SSSR count). The highest BCUT2D eigenvalue weighted by atomic mass is 32.1. The van der Waals surface area contributed by atoms with Gasteiger partial charge in [0, 0.05) is 26.2 Å². The van der Waals surface area contributed by atoms with Gasteiger partial charge in [0.15, 0.2) is 12.4 Å². The fraction of sp³-hybridized carbons (Fsp3) is 0.318. The molecular formula is C22H24N4O2S. The Balaban J connectivity index is 1.28.